The molecule has 0 aromatic rings. The zero-order valence-electron chi connectivity index (χ0n) is 13.2. The summed E-state index contributed by atoms with van der Waals surface area (Å²) in [6.07, 6.45) is 0.273. The van der Waals surface area contributed by atoms with Crippen LogP contribution in [0.2, 0.25) is 0 Å². The molecule has 1 aliphatic carbocycles. The van der Waals surface area contributed by atoms with Crippen LogP contribution < -0.4 is 5.14 Å². The minimum atomic E-state index is -4.06. The average molecular weight is 337 g/mol. The highest BCUT2D eigenvalue weighted by atomic mass is 32.2. The van der Waals surface area contributed by atoms with E-state index in [2.05, 4.69) is 0 Å². The Morgan fingerprint density at radius 1 is 1.14 bits per heavy atom. The van der Waals surface area contributed by atoms with E-state index in [9.17, 15) is 8.42 Å². The Labute approximate surface area is 130 Å². The Morgan fingerprint density at radius 3 is 2.45 bits per heavy atom. The molecule has 2 saturated heterocycles. The van der Waals surface area contributed by atoms with Crippen molar-refractivity contribution in [2.24, 2.45) is 5.14 Å². The molecule has 3 rings (SSSR count). The molecule has 0 spiro atoms. The van der Waals surface area contributed by atoms with Gasteiger partial charge in [0.25, 0.3) is 0 Å². The first-order chi connectivity index (χ1) is 9.92. The van der Waals surface area contributed by atoms with E-state index >= 15 is 0 Å². The zero-order valence-corrected chi connectivity index (χ0v) is 14.0. The van der Waals surface area contributed by atoms with Crippen molar-refractivity contribution in [3.05, 3.63) is 0 Å². The summed E-state index contributed by atoms with van der Waals surface area (Å²) in [5.41, 5.74) is -0.916. The quantitative estimate of drug-likeness (QED) is 0.795. The van der Waals surface area contributed by atoms with Gasteiger partial charge in [0.15, 0.2) is 11.6 Å². The van der Waals surface area contributed by atoms with Gasteiger partial charge in [0, 0.05) is 0 Å². The molecule has 2 heterocycles. The fourth-order valence-corrected chi connectivity index (χ4v) is 4.00. The van der Waals surface area contributed by atoms with E-state index in [-0.39, 0.29) is 18.8 Å². The van der Waals surface area contributed by atoms with Crippen LogP contribution >= 0.6 is 0 Å². The lowest BCUT2D eigenvalue weighted by Crippen LogP contribution is -2.57. The Balaban J connectivity index is 1.87. The van der Waals surface area contributed by atoms with Gasteiger partial charge < -0.3 is 18.9 Å². The molecule has 2 aliphatic heterocycles. The van der Waals surface area contributed by atoms with Crippen LogP contribution in [0.3, 0.4) is 0 Å². The molecular formula is C13H23NO7S. The van der Waals surface area contributed by atoms with E-state index in [0.717, 1.165) is 0 Å². The van der Waals surface area contributed by atoms with Gasteiger partial charge in [-0.2, -0.15) is 8.42 Å². The molecule has 0 unspecified atom stereocenters. The first-order valence-electron chi connectivity index (χ1n) is 7.32. The Bertz CT molecular complexity index is 561. The Hall–Kier alpha value is -0.290. The first kappa shape index (κ1) is 16.6. The van der Waals surface area contributed by atoms with Crippen LogP contribution in [0.5, 0.6) is 0 Å². The van der Waals surface area contributed by atoms with Crippen molar-refractivity contribution in [2.75, 3.05) is 6.61 Å². The van der Waals surface area contributed by atoms with Crippen LogP contribution in [0.4, 0.5) is 0 Å². The fraction of sp³-hybridized carbons (Fsp3) is 1.00. The molecule has 4 atom stereocenters. The second kappa shape index (κ2) is 4.85. The van der Waals surface area contributed by atoms with Crippen molar-refractivity contribution < 1.29 is 31.5 Å². The van der Waals surface area contributed by atoms with Crippen molar-refractivity contribution in [3.63, 3.8) is 0 Å². The van der Waals surface area contributed by atoms with Crippen molar-refractivity contribution >= 4 is 10.3 Å². The molecule has 3 aliphatic rings. The van der Waals surface area contributed by atoms with Gasteiger partial charge in [-0.3, -0.25) is 4.18 Å². The number of nitrogens with two attached hydrogens (primary N) is 1. The maximum Gasteiger partial charge on any atom is 0.333 e. The van der Waals surface area contributed by atoms with Crippen LogP contribution in [-0.4, -0.2) is 50.5 Å². The maximum absolute atomic E-state index is 11.2. The number of fused-ring (bicyclic) bond motifs is 3. The standard InChI is InChI=1S/C13H23NO7S/c1-11(2)18-8-5-6-13(7-17-22(14,15)16)10(9(8)19-11)20-12(3,4)21-13/h8-10H,5-7H2,1-4H3,(H2,14,15,16)/t8-,9-,10+,13-/m1/s1. The summed E-state index contributed by atoms with van der Waals surface area (Å²) in [5.74, 6) is -1.57. The third-order valence-electron chi connectivity index (χ3n) is 4.22. The summed E-state index contributed by atoms with van der Waals surface area (Å²) < 4.78 is 51.0. The summed E-state index contributed by atoms with van der Waals surface area (Å²) in [4.78, 5) is 0. The maximum atomic E-state index is 11.2. The first-order valence-corrected chi connectivity index (χ1v) is 8.79. The number of rotatable bonds is 3. The molecule has 0 aromatic heterocycles. The molecule has 0 amide bonds. The van der Waals surface area contributed by atoms with E-state index in [0.29, 0.717) is 12.8 Å². The molecule has 9 heteroatoms. The average Bonchev–Trinajstić information content (AvgIpc) is 2.78. The molecular weight excluding hydrogens is 314 g/mol. The largest absolute Gasteiger partial charge is 0.344 e. The fourth-order valence-electron chi connectivity index (χ4n) is 3.64. The highest BCUT2D eigenvalue weighted by Crippen LogP contribution is 2.50. The van der Waals surface area contributed by atoms with Crippen molar-refractivity contribution in [1.82, 2.24) is 0 Å². The molecule has 2 N–H and O–H groups in total. The molecule has 0 radical (unpaired) electrons. The molecule has 128 valence electrons. The second-order valence-electron chi connectivity index (χ2n) is 7.04. The summed E-state index contributed by atoms with van der Waals surface area (Å²) in [6.45, 7) is 7.04. The smallest absolute Gasteiger partial charge is 0.333 e. The Morgan fingerprint density at radius 2 is 1.82 bits per heavy atom. The van der Waals surface area contributed by atoms with Gasteiger partial charge in [-0.15, -0.1) is 0 Å². The summed E-state index contributed by atoms with van der Waals surface area (Å²) in [6, 6.07) is 0. The predicted octanol–water partition coefficient (Wildman–Crippen LogP) is 0.411. The van der Waals surface area contributed by atoms with Crippen molar-refractivity contribution in [1.29, 1.82) is 0 Å². The predicted molar refractivity (Wildman–Crippen MR) is 74.9 cm³/mol. The third kappa shape index (κ3) is 3.03. The molecule has 0 aromatic carbocycles. The van der Waals surface area contributed by atoms with Gasteiger partial charge in [-0.25, -0.2) is 5.14 Å². The molecule has 3 fully saturated rings. The van der Waals surface area contributed by atoms with E-state index in [1.54, 1.807) is 13.8 Å². The minimum absolute atomic E-state index is 0.111. The van der Waals surface area contributed by atoms with Crippen molar-refractivity contribution in [3.8, 4) is 0 Å². The summed E-state index contributed by atoms with van der Waals surface area (Å²) in [5, 5.41) is 4.95. The van der Waals surface area contributed by atoms with Crippen molar-refractivity contribution in [2.45, 2.75) is 76.0 Å². The Kier molecular flexibility index (Phi) is 3.65. The molecule has 8 nitrogen and oxygen atoms in total. The van der Waals surface area contributed by atoms with Gasteiger partial charge >= 0.3 is 10.3 Å². The molecule has 1 saturated carbocycles. The third-order valence-corrected chi connectivity index (χ3v) is 4.66. The van der Waals surface area contributed by atoms with Gasteiger partial charge in [-0.1, -0.05) is 0 Å². The number of hydrogen-bond donors (Lipinski definition) is 1. The van der Waals surface area contributed by atoms with Gasteiger partial charge in [-0.05, 0) is 40.5 Å². The summed E-state index contributed by atoms with van der Waals surface area (Å²) in [7, 11) is -4.06. The number of hydrogen-bond acceptors (Lipinski definition) is 7. The number of ether oxygens (including phenoxy) is 4. The molecule has 0 bridgehead atoms. The lowest BCUT2D eigenvalue weighted by Gasteiger charge is -2.40. The van der Waals surface area contributed by atoms with Gasteiger partial charge in [0.05, 0.1) is 12.7 Å². The van der Waals surface area contributed by atoms with Gasteiger partial charge in [0.2, 0.25) is 0 Å². The lowest BCUT2D eigenvalue weighted by atomic mass is 9.79. The van der Waals surface area contributed by atoms with E-state index in [1.165, 1.54) is 0 Å². The van der Waals surface area contributed by atoms with E-state index in [4.69, 9.17) is 28.3 Å². The summed E-state index contributed by atoms with van der Waals surface area (Å²) >= 11 is 0. The van der Waals surface area contributed by atoms with Crippen LogP contribution in [0, 0.1) is 0 Å². The van der Waals surface area contributed by atoms with Crippen LogP contribution in [0.25, 0.3) is 0 Å². The van der Waals surface area contributed by atoms with Crippen LogP contribution in [0.15, 0.2) is 0 Å². The normalized spacial score (nSPS) is 42.9. The second-order valence-corrected chi connectivity index (χ2v) is 8.26. The van der Waals surface area contributed by atoms with Crippen LogP contribution in [-0.2, 0) is 33.4 Å². The monoisotopic (exact) mass is 337 g/mol. The molecule has 22 heavy (non-hydrogen) atoms. The topological polar surface area (TPSA) is 106 Å². The highest BCUT2D eigenvalue weighted by Gasteiger charge is 2.64. The van der Waals surface area contributed by atoms with Gasteiger partial charge in [0.1, 0.15) is 17.8 Å². The minimum Gasteiger partial charge on any atom is -0.344 e. The highest BCUT2D eigenvalue weighted by molar-refractivity contribution is 7.84. The van der Waals surface area contributed by atoms with Crippen LogP contribution in [0.1, 0.15) is 40.5 Å². The lowest BCUT2D eigenvalue weighted by molar-refractivity contribution is -0.179. The SMILES string of the molecule is CC1(C)O[C@@H]2[C@@H](CC[C@]3(COS(N)(=O)=O)OC(C)(C)O[C@@H]23)O1. The van der Waals surface area contributed by atoms with E-state index < -0.39 is 33.6 Å². The zero-order chi connectivity index (χ0) is 16.4. The van der Waals surface area contributed by atoms with E-state index in [1.807, 2.05) is 13.8 Å².